The van der Waals surface area contributed by atoms with Crippen molar-refractivity contribution in [2.45, 2.75) is 45.1 Å². The first kappa shape index (κ1) is 19.4. The van der Waals surface area contributed by atoms with Crippen LogP contribution in [0.4, 0.5) is 0 Å². The summed E-state index contributed by atoms with van der Waals surface area (Å²) < 4.78 is 26.2. The molecule has 26 heavy (non-hydrogen) atoms. The van der Waals surface area contributed by atoms with Crippen molar-refractivity contribution in [3.05, 3.63) is 60.7 Å². The molecule has 1 fully saturated rings. The Morgan fingerprint density at radius 2 is 1.42 bits per heavy atom. The molecular weight excluding hydrogens is 343 g/mol. The molecule has 0 amide bonds. The highest BCUT2D eigenvalue weighted by atomic mass is 31.2. The van der Waals surface area contributed by atoms with Gasteiger partial charge in [-0.2, -0.15) is 0 Å². The van der Waals surface area contributed by atoms with Gasteiger partial charge in [0.05, 0.1) is 13.2 Å². The lowest BCUT2D eigenvalue weighted by Gasteiger charge is -2.35. The van der Waals surface area contributed by atoms with Crippen LogP contribution in [0.2, 0.25) is 0 Å². The maximum Gasteiger partial charge on any atom is 0.168 e. The van der Waals surface area contributed by atoms with Crippen molar-refractivity contribution in [1.29, 1.82) is 0 Å². The van der Waals surface area contributed by atoms with Crippen LogP contribution < -0.4 is 10.6 Å². The largest absolute Gasteiger partial charge is 0.348 e. The highest BCUT2D eigenvalue weighted by molar-refractivity contribution is 7.79. The van der Waals surface area contributed by atoms with Crippen LogP contribution in [0.5, 0.6) is 0 Å². The van der Waals surface area contributed by atoms with E-state index in [-0.39, 0.29) is 11.6 Å². The first-order valence-corrected chi connectivity index (χ1v) is 11.3. The van der Waals surface area contributed by atoms with Crippen LogP contribution in [0.1, 0.15) is 33.6 Å². The molecule has 3 rings (SSSR count). The van der Waals surface area contributed by atoms with Crippen molar-refractivity contribution < 1.29 is 14.0 Å². The fourth-order valence-corrected chi connectivity index (χ4v) is 7.38. The number of rotatable bonds is 7. The normalized spacial score (nSPS) is 19.2. The average Bonchev–Trinajstić information content (AvgIpc) is 3.14. The van der Waals surface area contributed by atoms with E-state index in [0.717, 1.165) is 23.5 Å². The van der Waals surface area contributed by atoms with E-state index in [1.165, 1.54) is 0 Å². The summed E-state index contributed by atoms with van der Waals surface area (Å²) in [6, 6.07) is 19.9. The molecule has 0 saturated carbocycles. The van der Waals surface area contributed by atoms with Gasteiger partial charge in [-0.3, -0.25) is 0 Å². The van der Waals surface area contributed by atoms with E-state index in [1.54, 1.807) is 0 Å². The first-order valence-electron chi connectivity index (χ1n) is 9.49. The zero-order valence-corrected chi connectivity index (χ0v) is 16.8. The summed E-state index contributed by atoms with van der Waals surface area (Å²) in [6.07, 6.45) is 1.65. The molecule has 3 nitrogen and oxygen atoms in total. The fraction of sp³-hybridized carbons (Fsp3) is 0.455. The second-order valence-electron chi connectivity index (χ2n) is 7.24. The topological polar surface area (TPSA) is 35.5 Å². The highest BCUT2D eigenvalue weighted by Gasteiger charge is 2.42. The molecule has 2 aromatic rings. The lowest BCUT2D eigenvalue weighted by molar-refractivity contribution is -0.178. The Morgan fingerprint density at radius 3 is 1.85 bits per heavy atom. The van der Waals surface area contributed by atoms with Crippen molar-refractivity contribution in [3.8, 4) is 0 Å². The zero-order chi connectivity index (χ0) is 18.6. The Bertz CT molecular complexity index is 695. The summed E-state index contributed by atoms with van der Waals surface area (Å²) >= 11 is 0. The third kappa shape index (κ3) is 3.67. The van der Waals surface area contributed by atoms with Gasteiger partial charge in [0, 0.05) is 22.2 Å². The second kappa shape index (κ2) is 8.08. The van der Waals surface area contributed by atoms with E-state index in [1.807, 2.05) is 67.6 Å². The molecule has 0 spiro atoms. The standard InChI is InChI=1S/C22H29O3P/c1-4-19(17-18(2)22(3)24-15-16-25-22)26(23,20-11-7-5-8-12-20)21-13-9-6-10-14-21/h5-14,18-19H,4,15-17H2,1-3H3. The number of hydrogen-bond donors (Lipinski definition) is 0. The molecule has 1 heterocycles. The van der Waals surface area contributed by atoms with Gasteiger partial charge < -0.3 is 14.0 Å². The number of benzene rings is 2. The maximum absolute atomic E-state index is 14.5. The highest BCUT2D eigenvalue weighted by Crippen LogP contribution is 2.53. The SMILES string of the molecule is CCC(CC(C)C1(C)OCCO1)P(=O)(c1ccccc1)c1ccccc1. The van der Waals surface area contributed by atoms with E-state index in [9.17, 15) is 4.57 Å². The average molecular weight is 372 g/mol. The molecule has 0 radical (unpaired) electrons. The Hall–Kier alpha value is -1.41. The summed E-state index contributed by atoms with van der Waals surface area (Å²) in [4.78, 5) is 0. The summed E-state index contributed by atoms with van der Waals surface area (Å²) in [5.41, 5.74) is 0.0481. The first-order chi connectivity index (χ1) is 12.5. The van der Waals surface area contributed by atoms with Gasteiger partial charge in [-0.15, -0.1) is 0 Å². The summed E-state index contributed by atoms with van der Waals surface area (Å²) in [6.45, 7) is 7.55. The Kier molecular flexibility index (Phi) is 6.02. The molecule has 2 unspecified atom stereocenters. The van der Waals surface area contributed by atoms with Crippen molar-refractivity contribution in [1.82, 2.24) is 0 Å². The molecule has 0 N–H and O–H groups in total. The minimum atomic E-state index is -2.77. The molecule has 140 valence electrons. The monoisotopic (exact) mass is 372 g/mol. The van der Waals surface area contributed by atoms with Gasteiger partial charge in [0.15, 0.2) is 5.79 Å². The van der Waals surface area contributed by atoms with Crippen LogP contribution in [-0.4, -0.2) is 24.7 Å². The van der Waals surface area contributed by atoms with Gasteiger partial charge in [-0.1, -0.05) is 74.5 Å². The third-order valence-electron chi connectivity index (χ3n) is 5.65. The van der Waals surface area contributed by atoms with Gasteiger partial charge in [-0.25, -0.2) is 0 Å². The Morgan fingerprint density at radius 1 is 0.962 bits per heavy atom. The number of ether oxygens (including phenoxy) is 2. The van der Waals surface area contributed by atoms with Crippen LogP contribution in [0.25, 0.3) is 0 Å². The zero-order valence-electron chi connectivity index (χ0n) is 15.9. The smallest absolute Gasteiger partial charge is 0.168 e. The van der Waals surface area contributed by atoms with E-state index in [2.05, 4.69) is 13.8 Å². The number of hydrogen-bond acceptors (Lipinski definition) is 3. The molecule has 4 heteroatoms. The summed E-state index contributed by atoms with van der Waals surface area (Å²) in [5.74, 6) is -0.415. The molecule has 0 bridgehead atoms. The van der Waals surface area contributed by atoms with Gasteiger partial charge in [0.25, 0.3) is 0 Å². The summed E-state index contributed by atoms with van der Waals surface area (Å²) in [5, 5.41) is 1.87. The predicted molar refractivity (Wildman–Crippen MR) is 108 cm³/mol. The maximum atomic E-state index is 14.5. The molecule has 1 saturated heterocycles. The van der Waals surface area contributed by atoms with Crippen LogP contribution in [-0.2, 0) is 14.0 Å². The Labute approximate surface area is 157 Å². The molecule has 1 aliphatic heterocycles. The lowest BCUT2D eigenvalue weighted by atomic mass is 9.95. The predicted octanol–water partition coefficient (Wildman–Crippen LogP) is 4.57. The van der Waals surface area contributed by atoms with Crippen LogP contribution in [0.15, 0.2) is 60.7 Å². The van der Waals surface area contributed by atoms with E-state index in [4.69, 9.17) is 9.47 Å². The molecule has 1 aliphatic rings. The Balaban J connectivity index is 1.98. The van der Waals surface area contributed by atoms with Crippen molar-refractivity contribution in [2.24, 2.45) is 5.92 Å². The van der Waals surface area contributed by atoms with Crippen molar-refractivity contribution in [3.63, 3.8) is 0 Å². The van der Waals surface area contributed by atoms with Gasteiger partial charge in [0.1, 0.15) is 7.14 Å². The van der Waals surface area contributed by atoms with Crippen LogP contribution >= 0.6 is 7.14 Å². The molecular formula is C22H29O3P. The van der Waals surface area contributed by atoms with Crippen molar-refractivity contribution in [2.75, 3.05) is 13.2 Å². The third-order valence-corrected chi connectivity index (χ3v) is 9.38. The van der Waals surface area contributed by atoms with Gasteiger partial charge in [0.2, 0.25) is 0 Å². The van der Waals surface area contributed by atoms with Gasteiger partial charge in [-0.05, 0) is 19.8 Å². The minimum absolute atomic E-state index is 0.0481. The van der Waals surface area contributed by atoms with Crippen molar-refractivity contribution >= 4 is 17.8 Å². The van der Waals surface area contributed by atoms with E-state index in [0.29, 0.717) is 13.2 Å². The fourth-order valence-electron chi connectivity index (χ4n) is 3.88. The lowest BCUT2D eigenvalue weighted by Crippen LogP contribution is -2.37. The van der Waals surface area contributed by atoms with Gasteiger partial charge >= 0.3 is 0 Å². The second-order valence-corrected chi connectivity index (χ2v) is 10.3. The van der Waals surface area contributed by atoms with E-state index >= 15 is 0 Å². The molecule has 2 atom stereocenters. The molecule has 2 aromatic carbocycles. The quantitative estimate of drug-likeness (QED) is 0.668. The van der Waals surface area contributed by atoms with Crippen LogP contribution in [0.3, 0.4) is 0 Å². The molecule has 0 aliphatic carbocycles. The van der Waals surface area contributed by atoms with E-state index < -0.39 is 12.9 Å². The van der Waals surface area contributed by atoms with Crippen LogP contribution in [0, 0.1) is 5.92 Å². The summed E-state index contributed by atoms with van der Waals surface area (Å²) in [7, 11) is -2.77. The molecule has 0 aromatic heterocycles. The minimum Gasteiger partial charge on any atom is -0.348 e.